The van der Waals surface area contributed by atoms with Crippen LogP contribution in [0, 0.1) is 12.8 Å². The van der Waals surface area contributed by atoms with Gasteiger partial charge in [-0.3, -0.25) is 0 Å². The first kappa shape index (κ1) is 9.74. The van der Waals surface area contributed by atoms with Crippen molar-refractivity contribution in [2.75, 3.05) is 0 Å². The summed E-state index contributed by atoms with van der Waals surface area (Å²) < 4.78 is 0. The van der Waals surface area contributed by atoms with Crippen molar-refractivity contribution in [3.8, 4) is 0 Å². The maximum Gasteiger partial charge on any atom is -0.0286 e. The molecule has 0 aromatic rings. The van der Waals surface area contributed by atoms with Crippen molar-refractivity contribution in [3.05, 3.63) is 18.6 Å². The fraction of sp³-hybridized carbons (Fsp3) is 0.700. The van der Waals surface area contributed by atoms with E-state index in [1.54, 1.807) is 0 Å². The van der Waals surface area contributed by atoms with Crippen molar-refractivity contribution in [1.29, 1.82) is 0 Å². The van der Waals surface area contributed by atoms with Gasteiger partial charge in [-0.05, 0) is 32.6 Å². The van der Waals surface area contributed by atoms with Gasteiger partial charge in [0.25, 0.3) is 0 Å². The summed E-state index contributed by atoms with van der Waals surface area (Å²) in [7, 11) is 0. The molecule has 10 heavy (non-hydrogen) atoms. The predicted octanol–water partition coefficient (Wildman–Crippen LogP) is 3.59. The van der Waals surface area contributed by atoms with Crippen molar-refractivity contribution in [1.82, 2.24) is 0 Å². The van der Waals surface area contributed by atoms with Gasteiger partial charge in [0, 0.05) is 0 Å². The van der Waals surface area contributed by atoms with Crippen LogP contribution in [0.3, 0.4) is 0 Å². The van der Waals surface area contributed by atoms with Crippen molar-refractivity contribution in [2.45, 2.75) is 40.0 Å². The lowest BCUT2D eigenvalue weighted by molar-refractivity contribution is 0.521. The fourth-order valence-corrected chi connectivity index (χ4v) is 0.818. The summed E-state index contributed by atoms with van der Waals surface area (Å²) in [5.74, 6) is 0.871. The lowest BCUT2D eigenvalue weighted by atomic mass is 10.0. The monoisotopic (exact) mass is 139 g/mol. The largest absolute Gasteiger partial charge is 0.0856 e. The summed E-state index contributed by atoms with van der Waals surface area (Å²) in [6.45, 7) is 10.4. The van der Waals surface area contributed by atoms with Gasteiger partial charge in [-0.15, -0.1) is 0 Å². The molecule has 0 heteroatoms. The molecule has 1 radical (unpaired) electrons. The predicted molar refractivity (Wildman–Crippen MR) is 47.8 cm³/mol. The molecule has 0 amide bonds. The number of hydrogen-bond acceptors (Lipinski definition) is 0. The average Bonchev–Trinajstić information content (AvgIpc) is 1.87. The minimum absolute atomic E-state index is 0.871. The van der Waals surface area contributed by atoms with E-state index < -0.39 is 0 Å². The highest BCUT2D eigenvalue weighted by atomic mass is 14.0. The smallest absolute Gasteiger partial charge is 0.0286 e. The highest BCUT2D eigenvalue weighted by Crippen LogP contribution is 2.10. The molecule has 0 aromatic carbocycles. The minimum Gasteiger partial charge on any atom is -0.0856 e. The molecule has 0 saturated carbocycles. The van der Waals surface area contributed by atoms with Gasteiger partial charge < -0.3 is 0 Å². The summed E-state index contributed by atoms with van der Waals surface area (Å²) in [5.41, 5.74) is 1.20. The highest BCUT2D eigenvalue weighted by molar-refractivity contribution is 5.00. The van der Waals surface area contributed by atoms with Gasteiger partial charge in [-0.1, -0.05) is 31.9 Å². The van der Waals surface area contributed by atoms with Gasteiger partial charge in [-0.25, -0.2) is 0 Å². The Morgan fingerprint density at radius 1 is 1.60 bits per heavy atom. The van der Waals surface area contributed by atoms with Crippen molar-refractivity contribution < 1.29 is 0 Å². The third-order valence-electron chi connectivity index (χ3n) is 1.85. The summed E-state index contributed by atoms with van der Waals surface area (Å²) in [6.07, 6.45) is 6.02. The molecule has 0 N–H and O–H groups in total. The van der Waals surface area contributed by atoms with E-state index in [1.807, 2.05) is 0 Å². The van der Waals surface area contributed by atoms with Gasteiger partial charge >= 0.3 is 0 Å². The van der Waals surface area contributed by atoms with Crippen LogP contribution in [0.15, 0.2) is 11.6 Å². The van der Waals surface area contributed by atoms with Gasteiger partial charge in [0.15, 0.2) is 0 Å². The van der Waals surface area contributed by atoms with E-state index in [2.05, 4.69) is 33.8 Å². The standard InChI is InChI=1S/C10H19/c1-5-10(4)8-6-7-9(2)3/h7,10H,2,5-6,8H2,1,3-4H3. The normalized spacial score (nSPS) is 15.4. The number of allylic oxidation sites excluding steroid dienone is 2. The third-order valence-corrected chi connectivity index (χ3v) is 1.85. The zero-order chi connectivity index (χ0) is 7.98. The van der Waals surface area contributed by atoms with Crippen molar-refractivity contribution >= 4 is 0 Å². The molecule has 0 nitrogen and oxygen atoms in total. The Bertz CT molecular complexity index is 96.6. The molecule has 0 fully saturated rings. The molecule has 0 aliphatic carbocycles. The summed E-state index contributed by atoms with van der Waals surface area (Å²) in [5, 5.41) is 0. The fourth-order valence-electron chi connectivity index (χ4n) is 0.818. The molecule has 1 atom stereocenters. The van der Waals surface area contributed by atoms with E-state index in [0.29, 0.717) is 0 Å². The van der Waals surface area contributed by atoms with Crippen LogP contribution in [-0.4, -0.2) is 0 Å². The van der Waals surface area contributed by atoms with Crippen LogP contribution in [0.2, 0.25) is 0 Å². The Hall–Kier alpha value is -0.260. The Labute approximate surface area is 65.3 Å². The van der Waals surface area contributed by atoms with Crippen LogP contribution >= 0.6 is 0 Å². The van der Waals surface area contributed by atoms with Gasteiger partial charge in [0.1, 0.15) is 0 Å². The van der Waals surface area contributed by atoms with Gasteiger partial charge in [0.05, 0.1) is 0 Å². The molecule has 59 valence electrons. The van der Waals surface area contributed by atoms with Gasteiger partial charge in [-0.2, -0.15) is 0 Å². The van der Waals surface area contributed by atoms with Crippen molar-refractivity contribution in [2.24, 2.45) is 5.92 Å². The van der Waals surface area contributed by atoms with Crippen LogP contribution in [0.4, 0.5) is 0 Å². The van der Waals surface area contributed by atoms with E-state index >= 15 is 0 Å². The Balaban J connectivity index is 3.28. The number of rotatable bonds is 4. The summed E-state index contributed by atoms with van der Waals surface area (Å²) >= 11 is 0. The molecule has 0 spiro atoms. The second-order valence-corrected chi connectivity index (χ2v) is 3.14. The molecule has 0 heterocycles. The minimum atomic E-state index is 0.871. The molecule has 0 saturated heterocycles. The third kappa shape index (κ3) is 5.87. The number of hydrogen-bond donors (Lipinski definition) is 0. The van der Waals surface area contributed by atoms with Crippen molar-refractivity contribution in [3.63, 3.8) is 0 Å². The zero-order valence-electron chi connectivity index (χ0n) is 7.48. The zero-order valence-corrected chi connectivity index (χ0v) is 7.48. The molecule has 0 rings (SSSR count). The summed E-state index contributed by atoms with van der Waals surface area (Å²) in [6, 6.07) is 0. The summed E-state index contributed by atoms with van der Waals surface area (Å²) in [4.78, 5) is 0. The quantitative estimate of drug-likeness (QED) is 0.558. The lowest BCUT2D eigenvalue weighted by Gasteiger charge is -2.04. The molecule has 0 aliphatic rings. The van der Waals surface area contributed by atoms with E-state index in [-0.39, 0.29) is 0 Å². The molecular formula is C10H19. The van der Waals surface area contributed by atoms with E-state index in [4.69, 9.17) is 0 Å². The highest BCUT2D eigenvalue weighted by Gasteiger charge is 1.94. The maximum absolute atomic E-state index is 3.82. The lowest BCUT2D eigenvalue weighted by Crippen LogP contribution is -1.89. The topological polar surface area (TPSA) is 0 Å². The Morgan fingerprint density at radius 2 is 2.20 bits per heavy atom. The van der Waals surface area contributed by atoms with E-state index in [9.17, 15) is 0 Å². The molecule has 0 aromatic heterocycles. The Kier molecular flexibility index (Phi) is 5.38. The SMILES string of the molecule is [CH2]C(C)=CCCC(C)CC. The average molecular weight is 139 g/mol. The first-order valence-electron chi connectivity index (χ1n) is 4.15. The molecule has 0 aliphatic heterocycles. The maximum atomic E-state index is 3.82. The molecular weight excluding hydrogens is 120 g/mol. The second-order valence-electron chi connectivity index (χ2n) is 3.14. The van der Waals surface area contributed by atoms with Crippen LogP contribution in [0.5, 0.6) is 0 Å². The van der Waals surface area contributed by atoms with E-state index in [1.165, 1.54) is 24.8 Å². The second kappa shape index (κ2) is 5.52. The van der Waals surface area contributed by atoms with Gasteiger partial charge in [0.2, 0.25) is 0 Å². The first-order valence-corrected chi connectivity index (χ1v) is 4.15. The van der Waals surface area contributed by atoms with Crippen LogP contribution in [0.1, 0.15) is 40.0 Å². The van der Waals surface area contributed by atoms with Crippen LogP contribution < -0.4 is 0 Å². The van der Waals surface area contributed by atoms with Crippen LogP contribution in [0.25, 0.3) is 0 Å². The van der Waals surface area contributed by atoms with E-state index in [0.717, 1.165) is 5.92 Å². The Morgan fingerprint density at radius 3 is 2.60 bits per heavy atom. The first-order chi connectivity index (χ1) is 4.66. The molecule has 1 unspecified atom stereocenters. The van der Waals surface area contributed by atoms with Crippen LogP contribution in [-0.2, 0) is 0 Å². The molecule has 0 bridgehead atoms.